The van der Waals surface area contributed by atoms with Gasteiger partial charge in [0.15, 0.2) is 0 Å². The lowest BCUT2D eigenvalue weighted by atomic mass is 9.73. The van der Waals surface area contributed by atoms with E-state index in [0.717, 1.165) is 17.4 Å². The largest absolute Gasteiger partial charge is 0.327 e. The normalized spacial score (nSPS) is 27.7. The molecule has 2 aliphatic rings. The average Bonchev–Trinajstić information content (AvgIpc) is 3.07. The van der Waals surface area contributed by atoms with Crippen LogP contribution in [0.15, 0.2) is 60.7 Å². The molecule has 2 aliphatic heterocycles. The van der Waals surface area contributed by atoms with Crippen molar-refractivity contribution in [2.24, 2.45) is 0 Å². The minimum atomic E-state index is -3.57. The number of carbonyl (C=O) groups is 1. The Kier molecular flexibility index (Phi) is 4.53. The minimum Gasteiger partial charge on any atom is -0.327 e. The average molecular weight is 386 g/mol. The summed E-state index contributed by atoms with van der Waals surface area (Å²) >= 11 is 0. The molecule has 1 spiro atoms. The molecular formula is C20H22N2O4S. The van der Waals surface area contributed by atoms with E-state index in [4.69, 9.17) is 4.18 Å². The minimum absolute atomic E-state index is 0.0141. The molecule has 7 heteroatoms. The number of carbonyl (C=O) groups excluding carboxylic acids is 1. The van der Waals surface area contributed by atoms with Gasteiger partial charge in [0.25, 0.3) is 10.1 Å². The zero-order valence-corrected chi connectivity index (χ0v) is 15.9. The van der Waals surface area contributed by atoms with Crippen LogP contribution in [0.3, 0.4) is 0 Å². The van der Waals surface area contributed by atoms with Gasteiger partial charge < -0.3 is 4.90 Å². The van der Waals surface area contributed by atoms with E-state index in [1.807, 2.05) is 65.6 Å². The van der Waals surface area contributed by atoms with Crippen molar-refractivity contribution < 1.29 is 17.4 Å². The fourth-order valence-electron chi connectivity index (χ4n) is 4.22. The third kappa shape index (κ3) is 3.38. The zero-order chi connectivity index (χ0) is 19.1. The molecule has 2 heterocycles. The van der Waals surface area contributed by atoms with E-state index in [0.29, 0.717) is 19.5 Å². The molecule has 0 radical (unpaired) electrons. The first-order valence-electron chi connectivity index (χ1n) is 8.92. The first-order valence-corrected chi connectivity index (χ1v) is 10.7. The molecule has 2 fully saturated rings. The second-order valence-electron chi connectivity index (χ2n) is 7.21. The standard InChI is InChI=1S/C20H22N2O4S/c1-27(24,25)26-17-12-20(21-13-17)18(16-10-6-3-7-11-16)22(19(20)23)14-15-8-4-2-5-9-15/h2-11,17-18,21H,12-14H2,1H3/t17-,18+,20+/m1/s1. The highest BCUT2D eigenvalue weighted by Gasteiger charge is 2.64. The predicted molar refractivity (Wildman–Crippen MR) is 101 cm³/mol. The third-order valence-corrected chi connectivity index (χ3v) is 5.86. The van der Waals surface area contributed by atoms with Gasteiger partial charge in [-0.15, -0.1) is 0 Å². The van der Waals surface area contributed by atoms with Gasteiger partial charge in [-0.3, -0.25) is 14.3 Å². The molecular weight excluding hydrogens is 364 g/mol. The molecule has 3 atom stereocenters. The second-order valence-corrected chi connectivity index (χ2v) is 8.81. The molecule has 142 valence electrons. The van der Waals surface area contributed by atoms with Crippen LogP contribution in [0.25, 0.3) is 0 Å². The molecule has 1 N–H and O–H groups in total. The van der Waals surface area contributed by atoms with Gasteiger partial charge in [-0.05, 0) is 11.1 Å². The monoisotopic (exact) mass is 386 g/mol. The van der Waals surface area contributed by atoms with Crippen molar-refractivity contribution in [2.75, 3.05) is 12.8 Å². The van der Waals surface area contributed by atoms with Gasteiger partial charge in [-0.1, -0.05) is 60.7 Å². The number of amides is 1. The molecule has 4 rings (SSSR count). The molecule has 2 aromatic carbocycles. The third-order valence-electron chi connectivity index (χ3n) is 5.24. The Morgan fingerprint density at radius 1 is 1.11 bits per heavy atom. The molecule has 0 saturated carbocycles. The highest BCUT2D eigenvalue weighted by atomic mass is 32.2. The number of benzene rings is 2. The van der Waals surface area contributed by atoms with E-state index >= 15 is 0 Å². The summed E-state index contributed by atoms with van der Waals surface area (Å²) in [5.74, 6) is -0.0141. The summed E-state index contributed by atoms with van der Waals surface area (Å²) in [6, 6.07) is 19.5. The number of nitrogens with zero attached hydrogens (tertiary/aromatic N) is 1. The van der Waals surface area contributed by atoms with Gasteiger partial charge in [0, 0.05) is 19.5 Å². The smallest absolute Gasteiger partial charge is 0.264 e. The van der Waals surface area contributed by atoms with Crippen molar-refractivity contribution in [3.05, 3.63) is 71.8 Å². The molecule has 27 heavy (non-hydrogen) atoms. The maximum Gasteiger partial charge on any atom is 0.264 e. The number of hydrogen-bond donors (Lipinski definition) is 1. The Labute approximate surface area is 159 Å². The van der Waals surface area contributed by atoms with Gasteiger partial charge in [0.05, 0.1) is 18.4 Å². The molecule has 0 bridgehead atoms. The Balaban J connectivity index is 1.63. The van der Waals surface area contributed by atoms with Crippen molar-refractivity contribution >= 4 is 16.0 Å². The topological polar surface area (TPSA) is 75.7 Å². The summed E-state index contributed by atoms with van der Waals surface area (Å²) in [4.78, 5) is 15.0. The van der Waals surface area contributed by atoms with E-state index in [1.54, 1.807) is 0 Å². The molecule has 2 aromatic rings. The van der Waals surface area contributed by atoms with Crippen molar-refractivity contribution in [3.8, 4) is 0 Å². The zero-order valence-electron chi connectivity index (χ0n) is 15.0. The fourth-order valence-corrected chi connectivity index (χ4v) is 4.85. The second kappa shape index (κ2) is 6.74. The summed E-state index contributed by atoms with van der Waals surface area (Å²) in [6.45, 7) is 0.849. The first-order chi connectivity index (χ1) is 12.9. The summed E-state index contributed by atoms with van der Waals surface area (Å²) in [6.07, 6.45) is 0.842. The van der Waals surface area contributed by atoms with Crippen molar-refractivity contribution in [1.29, 1.82) is 0 Å². The van der Waals surface area contributed by atoms with Crippen molar-refractivity contribution in [2.45, 2.75) is 30.7 Å². The van der Waals surface area contributed by atoms with E-state index in [1.165, 1.54) is 0 Å². The maximum absolute atomic E-state index is 13.1. The number of β-lactam (4-membered cyclic amide) rings is 1. The predicted octanol–water partition coefficient (Wildman–Crippen LogP) is 1.85. The van der Waals surface area contributed by atoms with Gasteiger partial charge in [0.1, 0.15) is 5.54 Å². The summed E-state index contributed by atoms with van der Waals surface area (Å²) in [5.41, 5.74) is 1.27. The van der Waals surface area contributed by atoms with Crippen LogP contribution in [0, 0.1) is 0 Å². The van der Waals surface area contributed by atoms with Crippen molar-refractivity contribution in [1.82, 2.24) is 10.2 Å². The summed E-state index contributed by atoms with van der Waals surface area (Å²) < 4.78 is 28.2. The van der Waals surface area contributed by atoms with Gasteiger partial charge in [-0.25, -0.2) is 0 Å². The first kappa shape index (κ1) is 18.2. The molecule has 1 amide bonds. The van der Waals surface area contributed by atoms with Crippen molar-refractivity contribution in [3.63, 3.8) is 0 Å². The quantitative estimate of drug-likeness (QED) is 0.627. The maximum atomic E-state index is 13.1. The van der Waals surface area contributed by atoms with Crippen LogP contribution in [0.2, 0.25) is 0 Å². The highest BCUT2D eigenvalue weighted by Crippen LogP contribution is 2.49. The van der Waals surface area contributed by atoms with Gasteiger partial charge in [-0.2, -0.15) is 8.42 Å². The Hall–Kier alpha value is -2.22. The lowest BCUT2D eigenvalue weighted by Gasteiger charge is -2.55. The fraction of sp³-hybridized carbons (Fsp3) is 0.350. The van der Waals surface area contributed by atoms with E-state index in [2.05, 4.69) is 5.32 Å². The summed E-state index contributed by atoms with van der Waals surface area (Å²) in [7, 11) is -3.57. The van der Waals surface area contributed by atoms with Crippen LogP contribution in [-0.2, 0) is 25.6 Å². The summed E-state index contributed by atoms with van der Waals surface area (Å²) in [5, 5.41) is 3.28. The van der Waals surface area contributed by atoms with Crippen LogP contribution >= 0.6 is 0 Å². The number of nitrogens with one attached hydrogen (secondary N) is 1. The Morgan fingerprint density at radius 2 is 1.74 bits per heavy atom. The van der Waals surface area contributed by atoms with E-state index in [-0.39, 0.29) is 11.9 Å². The Morgan fingerprint density at radius 3 is 2.37 bits per heavy atom. The number of rotatable bonds is 5. The Bertz CT molecular complexity index is 933. The van der Waals surface area contributed by atoms with Crippen LogP contribution in [0.4, 0.5) is 0 Å². The molecule has 0 aliphatic carbocycles. The van der Waals surface area contributed by atoms with Crippen LogP contribution in [0.1, 0.15) is 23.6 Å². The van der Waals surface area contributed by atoms with Crippen LogP contribution in [-0.4, -0.2) is 43.7 Å². The van der Waals surface area contributed by atoms with E-state index in [9.17, 15) is 13.2 Å². The van der Waals surface area contributed by atoms with Crippen LogP contribution in [0.5, 0.6) is 0 Å². The number of likely N-dealkylation sites (tertiary alicyclic amines) is 1. The van der Waals surface area contributed by atoms with Crippen LogP contribution < -0.4 is 5.32 Å². The lowest BCUT2D eigenvalue weighted by molar-refractivity contribution is -0.164. The molecule has 2 saturated heterocycles. The molecule has 6 nitrogen and oxygen atoms in total. The van der Waals surface area contributed by atoms with Gasteiger partial charge in [0.2, 0.25) is 5.91 Å². The molecule has 0 aromatic heterocycles. The highest BCUT2D eigenvalue weighted by molar-refractivity contribution is 7.86. The van der Waals surface area contributed by atoms with E-state index < -0.39 is 21.8 Å². The number of hydrogen-bond acceptors (Lipinski definition) is 5. The lowest BCUT2D eigenvalue weighted by Crippen LogP contribution is -2.72. The SMILES string of the molecule is CS(=O)(=O)O[C@H]1CN[C@]2(C1)C(=O)N(Cc1ccccc1)[C@H]2c1ccccc1. The van der Waals surface area contributed by atoms with Gasteiger partial charge >= 0.3 is 0 Å². The molecule has 0 unspecified atom stereocenters.